The lowest BCUT2D eigenvalue weighted by molar-refractivity contribution is 0.209. The van der Waals surface area contributed by atoms with Gasteiger partial charge in [-0.05, 0) is 61.7 Å². The summed E-state index contributed by atoms with van der Waals surface area (Å²) in [6, 6.07) is 11.3. The predicted octanol–water partition coefficient (Wildman–Crippen LogP) is 5.18. The number of aromatic nitrogens is 2. The Balaban J connectivity index is 1.83. The summed E-state index contributed by atoms with van der Waals surface area (Å²) < 4.78 is 18.9. The van der Waals surface area contributed by atoms with Crippen molar-refractivity contribution in [1.82, 2.24) is 20.4 Å². The molecule has 0 bridgehead atoms. The molecular weight excluding hydrogens is 395 g/mol. The number of carbonyl (C=O) groups is 1. The van der Waals surface area contributed by atoms with E-state index in [9.17, 15) is 9.18 Å². The summed E-state index contributed by atoms with van der Waals surface area (Å²) in [5, 5.41) is 7.14. The van der Waals surface area contributed by atoms with Crippen LogP contribution in [0, 0.1) is 19.7 Å². The molecule has 0 radical (unpaired) electrons. The molecule has 2 aromatic carbocycles. The van der Waals surface area contributed by atoms with Crippen LogP contribution < -0.4 is 5.32 Å². The monoisotopic (exact) mass is 418 g/mol. The summed E-state index contributed by atoms with van der Waals surface area (Å²) >= 11 is 0. The first-order valence-corrected chi connectivity index (χ1v) is 9.96. The fourth-order valence-electron chi connectivity index (χ4n) is 3.65. The number of halogens is 1. The second-order valence-electron chi connectivity index (χ2n) is 7.55. The first-order chi connectivity index (χ1) is 14.9. The number of urea groups is 1. The van der Waals surface area contributed by atoms with Gasteiger partial charge in [-0.15, -0.1) is 6.58 Å². The van der Waals surface area contributed by atoms with Crippen molar-refractivity contribution in [3.8, 4) is 11.4 Å². The van der Waals surface area contributed by atoms with Crippen LogP contribution in [0.25, 0.3) is 17.0 Å². The van der Waals surface area contributed by atoms with E-state index in [1.165, 1.54) is 12.1 Å². The average molecular weight is 418 g/mol. The molecule has 0 spiro atoms. The third-order valence-electron chi connectivity index (χ3n) is 5.53. The number of carbonyl (C=O) groups excluding carboxylic acids is 1. The summed E-state index contributed by atoms with van der Waals surface area (Å²) in [6.45, 7) is 10.0. The van der Waals surface area contributed by atoms with Crippen LogP contribution in [0.15, 0.2) is 65.3 Å². The highest BCUT2D eigenvalue weighted by molar-refractivity contribution is 5.87. The zero-order valence-electron chi connectivity index (χ0n) is 17.6. The van der Waals surface area contributed by atoms with Crippen LogP contribution in [0.2, 0.25) is 0 Å². The molecule has 2 amide bonds. The van der Waals surface area contributed by atoms with Crippen molar-refractivity contribution in [2.24, 2.45) is 0 Å². The number of rotatable bonds is 5. The summed E-state index contributed by atoms with van der Waals surface area (Å²) in [5.74, 6) is 0.311. The van der Waals surface area contributed by atoms with Crippen LogP contribution in [0.4, 0.5) is 9.18 Å². The number of nitrogens with zero attached hydrogens (tertiary/aromatic N) is 3. The maximum Gasteiger partial charge on any atom is 0.322 e. The number of hydrogen-bond acceptors (Lipinski definition) is 4. The van der Waals surface area contributed by atoms with E-state index >= 15 is 0 Å². The molecule has 0 saturated carbocycles. The second kappa shape index (κ2) is 8.18. The van der Waals surface area contributed by atoms with Crippen LogP contribution in [0.5, 0.6) is 0 Å². The van der Waals surface area contributed by atoms with Gasteiger partial charge in [0.1, 0.15) is 5.82 Å². The summed E-state index contributed by atoms with van der Waals surface area (Å²) in [7, 11) is 0. The van der Waals surface area contributed by atoms with Crippen LogP contribution in [0.1, 0.15) is 35.5 Å². The number of aryl methyl sites for hydroxylation is 2. The first-order valence-electron chi connectivity index (χ1n) is 9.96. The minimum atomic E-state index is -0.450. The van der Waals surface area contributed by atoms with Crippen molar-refractivity contribution < 1.29 is 13.7 Å². The van der Waals surface area contributed by atoms with E-state index in [-0.39, 0.29) is 11.8 Å². The van der Waals surface area contributed by atoms with E-state index in [0.29, 0.717) is 35.1 Å². The van der Waals surface area contributed by atoms with Gasteiger partial charge < -0.3 is 9.84 Å². The zero-order chi connectivity index (χ0) is 22.1. The Hall–Kier alpha value is -3.74. The molecule has 1 aromatic heterocycles. The van der Waals surface area contributed by atoms with Gasteiger partial charge in [0.2, 0.25) is 5.82 Å². The van der Waals surface area contributed by atoms with Gasteiger partial charge in [0.25, 0.3) is 5.89 Å². The summed E-state index contributed by atoms with van der Waals surface area (Å²) in [6.07, 6.45) is 1.66. The third kappa shape index (κ3) is 3.86. The average Bonchev–Trinajstić information content (AvgIpc) is 3.23. The highest BCUT2D eigenvalue weighted by atomic mass is 19.1. The molecule has 31 heavy (non-hydrogen) atoms. The predicted molar refractivity (Wildman–Crippen MR) is 116 cm³/mol. The zero-order valence-corrected chi connectivity index (χ0v) is 17.6. The van der Waals surface area contributed by atoms with E-state index in [1.54, 1.807) is 23.1 Å². The Morgan fingerprint density at radius 2 is 1.90 bits per heavy atom. The number of hydrogen-bond donors (Lipinski definition) is 1. The SMILES string of the molecule is C=CCN1C(=O)NC(c2ccc(C)c(C)c2)C(c2nc(-c3ccc(F)cc3)no2)=C1C. The Morgan fingerprint density at radius 1 is 1.16 bits per heavy atom. The van der Waals surface area contributed by atoms with Gasteiger partial charge in [0.15, 0.2) is 0 Å². The molecule has 1 aliphatic heterocycles. The van der Waals surface area contributed by atoms with Gasteiger partial charge in [-0.25, -0.2) is 9.18 Å². The molecule has 0 fully saturated rings. The quantitative estimate of drug-likeness (QED) is 0.580. The maximum absolute atomic E-state index is 13.3. The molecule has 1 aliphatic rings. The molecule has 7 heteroatoms. The lowest BCUT2D eigenvalue weighted by atomic mass is 9.92. The minimum absolute atomic E-state index is 0.220. The Morgan fingerprint density at radius 3 is 2.58 bits per heavy atom. The van der Waals surface area contributed by atoms with Crippen molar-refractivity contribution in [3.05, 3.63) is 89.2 Å². The Bertz CT molecular complexity index is 1180. The normalized spacial score (nSPS) is 16.5. The largest absolute Gasteiger partial charge is 0.334 e. The molecular formula is C24H23FN4O2. The van der Waals surface area contributed by atoms with Crippen LogP contribution in [-0.2, 0) is 0 Å². The number of allylic oxidation sites excluding steroid dienone is 1. The smallest absolute Gasteiger partial charge is 0.322 e. The van der Waals surface area contributed by atoms with Gasteiger partial charge in [0, 0.05) is 17.8 Å². The topological polar surface area (TPSA) is 71.3 Å². The lowest BCUT2D eigenvalue weighted by Gasteiger charge is -2.34. The number of benzene rings is 2. The van der Waals surface area contributed by atoms with Crippen molar-refractivity contribution >= 4 is 11.6 Å². The highest BCUT2D eigenvalue weighted by Crippen LogP contribution is 2.37. The van der Waals surface area contributed by atoms with Crippen LogP contribution in [0.3, 0.4) is 0 Å². The molecule has 1 atom stereocenters. The van der Waals surface area contributed by atoms with E-state index in [1.807, 2.05) is 39.0 Å². The van der Waals surface area contributed by atoms with Gasteiger partial charge in [-0.2, -0.15) is 4.98 Å². The highest BCUT2D eigenvalue weighted by Gasteiger charge is 2.35. The fourth-order valence-corrected chi connectivity index (χ4v) is 3.65. The van der Waals surface area contributed by atoms with Crippen molar-refractivity contribution in [2.45, 2.75) is 26.8 Å². The van der Waals surface area contributed by atoms with E-state index in [0.717, 1.165) is 16.7 Å². The van der Waals surface area contributed by atoms with Crippen molar-refractivity contribution in [3.63, 3.8) is 0 Å². The molecule has 0 saturated heterocycles. The summed E-state index contributed by atoms with van der Waals surface area (Å²) in [5.41, 5.74) is 5.27. The molecule has 0 aliphatic carbocycles. The van der Waals surface area contributed by atoms with E-state index in [2.05, 4.69) is 22.0 Å². The van der Waals surface area contributed by atoms with Crippen LogP contribution >= 0.6 is 0 Å². The third-order valence-corrected chi connectivity index (χ3v) is 5.53. The van der Waals surface area contributed by atoms with E-state index < -0.39 is 6.04 Å². The minimum Gasteiger partial charge on any atom is -0.334 e. The number of amides is 2. The second-order valence-corrected chi connectivity index (χ2v) is 7.55. The van der Waals surface area contributed by atoms with Crippen LogP contribution in [-0.4, -0.2) is 27.6 Å². The molecule has 2 heterocycles. The Labute approximate surface area is 180 Å². The molecule has 4 rings (SSSR count). The molecule has 3 aromatic rings. The Kier molecular flexibility index (Phi) is 5.42. The fraction of sp³-hybridized carbons (Fsp3) is 0.208. The van der Waals surface area contributed by atoms with Crippen molar-refractivity contribution in [1.29, 1.82) is 0 Å². The van der Waals surface area contributed by atoms with Crippen molar-refractivity contribution in [2.75, 3.05) is 6.54 Å². The summed E-state index contributed by atoms with van der Waals surface area (Å²) in [4.78, 5) is 18.9. The molecule has 1 N–H and O–H groups in total. The first kappa shape index (κ1) is 20.5. The standard InChI is InChI=1S/C24H23FN4O2/c1-5-12-29-16(4)20(21(26-24(29)30)18-7-6-14(2)15(3)13-18)23-27-22(28-31-23)17-8-10-19(25)11-9-17/h5-11,13,21H,1,12H2,2-4H3,(H,26,30). The molecule has 6 nitrogen and oxygen atoms in total. The van der Waals surface area contributed by atoms with E-state index in [4.69, 9.17) is 4.52 Å². The maximum atomic E-state index is 13.3. The molecule has 1 unspecified atom stereocenters. The van der Waals surface area contributed by atoms with Gasteiger partial charge >= 0.3 is 6.03 Å². The molecule has 158 valence electrons. The van der Waals surface area contributed by atoms with Gasteiger partial charge in [-0.1, -0.05) is 29.4 Å². The van der Waals surface area contributed by atoms with Gasteiger partial charge in [0.05, 0.1) is 11.6 Å². The van der Waals surface area contributed by atoms with Gasteiger partial charge in [-0.3, -0.25) is 4.90 Å². The lowest BCUT2D eigenvalue weighted by Crippen LogP contribution is -2.46. The number of nitrogens with one attached hydrogen (secondary N) is 1.